The predicted octanol–water partition coefficient (Wildman–Crippen LogP) is 2.27. The van der Waals surface area contributed by atoms with Gasteiger partial charge >= 0.3 is 0 Å². The molecule has 0 aliphatic rings. The van der Waals surface area contributed by atoms with E-state index in [0.29, 0.717) is 33.3 Å². The van der Waals surface area contributed by atoms with E-state index in [2.05, 4.69) is 37.1 Å². The van der Waals surface area contributed by atoms with Gasteiger partial charge < -0.3 is 5.32 Å². The lowest BCUT2D eigenvalue weighted by Crippen LogP contribution is -2.33. The quantitative estimate of drug-likeness (QED) is 0.244. The third-order valence-corrected chi connectivity index (χ3v) is 7.27. The van der Waals surface area contributed by atoms with Gasteiger partial charge in [-0.3, -0.25) is 23.6 Å². The van der Waals surface area contributed by atoms with Crippen LogP contribution in [-0.4, -0.2) is 43.3 Å². The molecule has 4 N–H and O–H groups in total. The van der Waals surface area contributed by atoms with Gasteiger partial charge in [0, 0.05) is 42.6 Å². The van der Waals surface area contributed by atoms with Gasteiger partial charge in [0.1, 0.15) is 5.56 Å². The van der Waals surface area contributed by atoms with Crippen molar-refractivity contribution in [3.8, 4) is 17.5 Å². The number of benzene rings is 2. The average molecular weight is 608 g/mol. The minimum Gasteiger partial charge on any atom is -0.344 e. The number of aromatic nitrogens is 6. The van der Waals surface area contributed by atoms with Crippen LogP contribution < -0.4 is 20.7 Å². The van der Waals surface area contributed by atoms with Crippen molar-refractivity contribution in [1.29, 1.82) is 0 Å². The Morgan fingerprint density at radius 3 is 2.59 bits per heavy atom. The molecule has 2 aromatic carbocycles. The number of hydrogen-bond acceptors (Lipinski definition) is 7. The Kier molecular flexibility index (Phi) is 7.17. The minimum atomic E-state index is -4.25. The molecule has 0 aliphatic carbocycles. The normalized spacial score (nSPS) is 12.1. The van der Waals surface area contributed by atoms with Crippen LogP contribution in [0.1, 0.15) is 40.1 Å². The Hall–Kier alpha value is -5.78. The number of rotatable bonds is 6. The summed E-state index contributed by atoms with van der Waals surface area (Å²) in [7, 11) is -2.46. The summed E-state index contributed by atoms with van der Waals surface area (Å²) >= 11 is 0. The maximum Gasteiger partial charge on any atom is 0.297 e. The third-order valence-electron chi connectivity index (χ3n) is 6.79. The fourth-order valence-electron chi connectivity index (χ4n) is 4.92. The number of nitrogens with two attached hydrogens (primary N) is 1. The number of para-hydroxylation sites is 1. The van der Waals surface area contributed by atoms with E-state index in [4.69, 9.17) is 5.14 Å². The highest BCUT2D eigenvalue weighted by Crippen LogP contribution is 2.25. The van der Waals surface area contributed by atoms with E-state index in [1.54, 1.807) is 55.3 Å². The van der Waals surface area contributed by atoms with Crippen molar-refractivity contribution >= 4 is 38.4 Å². The van der Waals surface area contributed by atoms with E-state index in [1.165, 1.54) is 21.5 Å². The van der Waals surface area contributed by atoms with Crippen molar-refractivity contribution in [1.82, 2.24) is 34.3 Å². The number of nitrogens with zero attached hydrogens (tertiary/aromatic N) is 6. The van der Waals surface area contributed by atoms with E-state index in [1.807, 2.05) is 36.4 Å². The summed E-state index contributed by atoms with van der Waals surface area (Å²) in [5.41, 5.74) is 1.97. The fraction of sp³-hybridized carbons (Fsp3) is 0.100. The first-order chi connectivity index (χ1) is 21.1. The zero-order valence-electron chi connectivity index (χ0n) is 23.5. The summed E-state index contributed by atoms with van der Waals surface area (Å²) in [5.74, 6) is 5.21. The van der Waals surface area contributed by atoms with Gasteiger partial charge in [0.15, 0.2) is 11.5 Å². The Balaban J connectivity index is 1.47. The van der Waals surface area contributed by atoms with Crippen molar-refractivity contribution < 1.29 is 13.2 Å². The number of nitrogens with one attached hydrogen (secondary N) is 2. The molecular weight excluding hydrogens is 582 g/mol. The molecule has 6 rings (SSSR count). The van der Waals surface area contributed by atoms with Crippen LogP contribution in [0.15, 0.2) is 90.2 Å². The topological polar surface area (TPSA) is 171 Å². The minimum absolute atomic E-state index is 0.110. The Labute approximate surface area is 251 Å². The second-order valence-corrected chi connectivity index (χ2v) is 11.2. The van der Waals surface area contributed by atoms with Crippen LogP contribution in [0.25, 0.3) is 22.1 Å². The first-order valence-electron chi connectivity index (χ1n) is 13.3. The SMILES string of the molecule is C[C@@H](NC(=O)c1c(NS(N)(=O)=O)nn2cccnc12)c1cc2cccc(C#Cc3cnn(C)c3)c2c(=O)n1-c1ccccc1. The zero-order chi connectivity index (χ0) is 31.0. The van der Waals surface area contributed by atoms with E-state index in [9.17, 15) is 18.0 Å². The first-order valence-corrected chi connectivity index (χ1v) is 14.8. The molecule has 0 aliphatic heterocycles. The largest absolute Gasteiger partial charge is 0.344 e. The number of hydrogen-bond donors (Lipinski definition) is 3. The maximum atomic E-state index is 14.2. The van der Waals surface area contributed by atoms with Gasteiger partial charge in [-0.05, 0) is 42.6 Å². The number of carbonyl (C=O) groups is 1. The molecule has 0 bridgehead atoms. The molecular formula is C30H25N9O4S. The highest BCUT2D eigenvalue weighted by Gasteiger charge is 2.26. The number of amides is 1. The zero-order valence-corrected chi connectivity index (χ0v) is 24.3. The average Bonchev–Trinajstić information content (AvgIpc) is 3.57. The molecule has 0 spiro atoms. The molecule has 0 unspecified atom stereocenters. The van der Waals surface area contributed by atoms with Crippen LogP contribution in [0.2, 0.25) is 0 Å². The van der Waals surface area contributed by atoms with Gasteiger partial charge in [0.05, 0.1) is 23.2 Å². The number of pyridine rings is 1. The van der Waals surface area contributed by atoms with Gasteiger partial charge in [0.2, 0.25) is 0 Å². The second kappa shape index (κ2) is 11.1. The lowest BCUT2D eigenvalue weighted by Gasteiger charge is -2.21. The number of anilines is 1. The van der Waals surface area contributed by atoms with E-state index in [0.717, 1.165) is 0 Å². The van der Waals surface area contributed by atoms with Crippen LogP contribution >= 0.6 is 0 Å². The highest BCUT2D eigenvalue weighted by atomic mass is 32.2. The molecule has 1 atom stereocenters. The van der Waals surface area contributed by atoms with Gasteiger partial charge in [-0.25, -0.2) is 14.6 Å². The predicted molar refractivity (Wildman–Crippen MR) is 164 cm³/mol. The van der Waals surface area contributed by atoms with Crippen LogP contribution in [0, 0.1) is 11.8 Å². The highest BCUT2D eigenvalue weighted by molar-refractivity contribution is 7.90. The lowest BCUT2D eigenvalue weighted by atomic mass is 10.0. The maximum absolute atomic E-state index is 14.2. The molecule has 0 radical (unpaired) electrons. The summed E-state index contributed by atoms with van der Waals surface area (Å²) in [4.78, 5) is 32.1. The number of carbonyl (C=O) groups excluding carboxylic acids is 1. The van der Waals surface area contributed by atoms with E-state index in [-0.39, 0.29) is 22.6 Å². The van der Waals surface area contributed by atoms with Crippen molar-refractivity contribution in [2.75, 3.05) is 4.72 Å². The molecule has 0 saturated carbocycles. The van der Waals surface area contributed by atoms with Crippen LogP contribution in [0.3, 0.4) is 0 Å². The Morgan fingerprint density at radius 1 is 1.07 bits per heavy atom. The smallest absolute Gasteiger partial charge is 0.297 e. The fourth-order valence-corrected chi connectivity index (χ4v) is 5.33. The Morgan fingerprint density at radius 2 is 1.86 bits per heavy atom. The molecule has 14 heteroatoms. The molecule has 220 valence electrons. The Bertz CT molecular complexity index is 2300. The van der Waals surface area contributed by atoms with Crippen LogP contribution in [-0.2, 0) is 17.3 Å². The van der Waals surface area contributed by atoms with Crippen LogP contribution in [0.4, 0.5) is 5.82 Å². The standard InChI is InChI=1S/C30H25N9O4S/c1-19(34-29(40)26-27(36-44(31,42)43)35-38-15-7-14-32-28(26)38)24-16-22-9-6-8-21(13-12-20-17-33-37(2)18-20)25(22)30(41)39(24)23-10-4-3-5-11-23/h3-11,14-19H,1-2H3,(H,34,40)(H,35,36)(H2,31,42,43)/t19-/m1/s1. The van der Waals surface area contributed by atoms with Gasteiger partial charge in [-0.1, -0.05) is 42.2 Å². The molecule has 44 heavy (non-hydrogen) atoms. The molecule has 0 fully saturated rings. The van der Waals surface area contributed by atoms with Crippen molar-refractivity contribution in [3.05, 3.63) is 118 Å². The molecule has 1 amide bonds. The summed E-state index contributed by atoms with van der Waals surface area (Å²) in [6.07, 6.45) is 6.39. The van der Waals surface area contributed by atoms with Crippen molar-refractivity contribution in [2.45, 2.75) is 13.0 Å². The summed E-state index contributed by atoms with van der Waals surface area (Å²) in [5, 5.41) is 17.4. The third kappa shape index (κ3) is 5.52. The molecule has 13 nitrogen and oxygen atoms in total. The number of aryl methyl sites for hydroxylation is 1. The summed E-state index contributed by atoms with van der Waals surface area (Å²) in [6.45, 7) is 1.72. The summed E-state index contributed by atoms with van der Waals surface area (Å²) in [6, 6.07) is 17.1. The lowest BCUT2D eigenvalue weighted by molar-refractivity contribution is 0.0941. The molecule has 4 aromatic heterocycles. The van der Waals surface area contributed by atoms with E-state index >= 15 is 0 Å². The first kappa shape index (κ1) is 28.3. The van der Waals surface area contributed by atoms with E-state index < -0.39 is 22.2 Å². The van der Waals surface area contributed by atoms with Crippen LogP contribution in [0.5, 0.6) is 0 Å². The van der Waals surface area contributed by atoms with Gasteiger partial charge in [-0.15, -0.1) is 5.10 Å². The van der Waals surface area contributed by atoms with Crippen molar-refractivity contribution in [2.24, 2.45) is 12.2 Å². The molecule has 0 saturated heterocycles. The molecule has 4 heterocycles. The van der Waals surface area contributed by atoms with Gasteiger partial charge in [0.25, 0.3) is 21.7 Å². The monoisotopic (exact) mass is 607 g/mol. The van der Waals surface area contributed by atoms with Gasteiger partial charge in [-0.2, -0.15) is 13.5 Å². The second-order valence-electron chi connectivity index (χ2n) is 9.92. The number of fused-ring (bicyclic) bond motifs is 2. The van der Waals surface area contributed by atoms with Crippen molar-refractivity contribution in [3.63, 3.8) is 0 Å². The molecule has 6 aromatic rings. The summed E-state index contributed by atoms with van der Waals surface area (Å²) < 4.78 is 30.2.